The van der Waals surface area contributed by atoms with E-state index in [-0.39, 0.29) is 11.8 Å². The maximum atomic E-state index is 11.7. The highest BCUT2D eigenvalue weighted by atomic mass is 16.5. The molecule has 0 radical (unpaired) electrons. The third kappa shape index (κ3) is 2.44. The first-order chi connectivity index (χ1) is 6.16. The smallest absolute Gasteiger partial charge is 0.228 e. The molecule has 1 unspecified atom stereocenters. The first-order valence-electron chi connectivity index (χ1n) is 5.05. The third-order valence-corrected chi connectivity index (χ3v) is 2.50. The lowest BCUT2D eigenvalue weighted by Crippen LogP contribution is -2.34. The summed E-state index contributed by atoms with van der Waals surface area (Å²) in [6.45, 7) is 8.26. The van der Waals surface area contributed by atoms with Crippen LogP contribution in [-0.2, 0) is 9.53 Å². The van der Waals surface area contributed by atoms with Gasteiger partial charge in [-0.3, -0.25) is 4.79 Å². The standard InChI is InChI=1S/C10H19NO2/c1-4-13-7-9-5-6-11(8(2)3)10(9)12/h8-9H,4-7H2,1-3H3. The molecule has 1 amide bonds. The lowest BCUT2D eigenvalue weighted by atomic mass is 10.1. The summed E-state index contributed by atoms with van der Waals surface area (Å²) in [5, 5.41) is 0. The Morgan fingerprint density at radius 2 is 2.31 bits per heavy atom. The fraction of sp³-hybridized carbons (Fsp3) is 0.900. The Hall–Kier alpha value is -0.570. The van der Waals surface area contributed by atoms with Crippen LogP contribution in [-0.4, -0.2) is 36.6 Å². The number of ether oxygens (including phenoxy) is 1. The van der Waals surface area contributed by atoms with Gasteiger partial charge in [0.15, 0.2) is 0 Å². The Morgan fingerprint density at radius 1 is 1.62 bits per heavy atom. The van der Waals surface area contributed by atoms with Crippen molar-refractivity contribution in [2.45, 2.75) is 33.2 Å². The van der Waals surface area contributed by atoms with E-state index in [0.29, 0.717) is 19.3 Å². The lowest BCUT2D eigenvalue weighted by Gasteiger charge is -2.20. The van der Waals surface area contributed by atoms with E-state index in [2.05, 4.69) is 13.8 Å². The number of hydrogen-bond acceptors (Lipinski definition) is 2. The molecule has 13 heavy (non-hydrogen) atoms. The maximum absolute atomic E-state index is 11.7. The van der Waals surface area contributed by atoms with Crippen LogP contribution in [0.5, 0.6) is 0 Å². The van der Waals surface area contributed by atoms with E-state index in [1.807, 2.05) is 11.8 Å². The molecule has 0 saturated carbocycles. The van der Waals surface area contributed by atoms with Crippen LogP contribution in [0.1, 0.15) is 27.2 Å². The molecule has 0 aromatic carbocycles. The van der Waals surface area contributed by atoms with Crippen molar-refractivity contribution in [2.24, 2.45) is 5.92 Å². The fourth-order valence-electron chi connectivity index (χ4n) is 1.69. The van der Waals surface area contributed by atoms with Gasteiger partial charge in [0.05, 0.1) is 12.5 Å². The summed E-state index contributed by atoms with van der Waals surface area (Å²) in [7, 11) is 0. The second-order valence-electron chi connectivity index (χ2n) is 3.77. The topological polar surface area (TPSA) is 29.5 Å². The first kappa shape index (κ1) is 10.5. The van der Waals surface area contributed by atoms with Crippen LogP contribution in [0.3, 0.4) is 0 Å². The van der Waals surface area contributed by atoms with Crippen molar-refractivity contribution in [2.75, 3.05) is 19.8 Å². The van der Waals surface area contributed by atoms with Gasteiger partial charge in [0.25, 0.3) is 0 Å². The zero-order chi connectivity index (χ0) is 9.84. The minimum atomic E-state index is 0.113. The number of carbonyl (C=O) groups is 1. The summed E-state index contributed by atoms with van der Waals surface area (Å²) in [4.78, 5) is 13.6. The monoisotopic (exact) mass is 185 g/mol. The van der Waals surface area contributed by atoms with Gasteiger partial charge in [0, 0.05) is 19.2 Å². The highest BCUT2D eigenvalue weighted by Gasteiger charge is 2.32. The Bertz CT molecular complexity index is 180. The van der Waals surface area contributed by atoms with Crippen LogP contribution in [0.15, 0.2) is 0 Å². The highest BCUT2D eigenvalue weighted by Crippen LogP contribution is 2.20. The van der Waals surface area contributed by atoms with Crippen LogP contribution in [0, 0.1) is 5.92 Å². The molecule has 0 aliphatic carbocycles. The van der Waals surface area contributed by atoms with Crippen LogP contribution in [0.4, 0.5) is 0 Å². The Labute approximate surface area is 80.1 Å². The number of nitrogens with zero attached hydrogens (tertiary/aromatic N) is 1. The zero-order valence-electron chi connectivity index (χ0n) is 8.75. The van der Waals surface area contributed by atoms with E-state index in [4.69, 9.17) is 4.74 Å². The summed E-state index contributed by atoms with van der Waals surface area (Å²) in [6, 6.07) is 0.333. The van der Waals surface area contributed by atoms with Crippen molar-refractivity contribution in [3.63, 3.8) is 0 Å². The third-order valence-electron chi connectivity index (χ3n) is 2.50. The van der Waals surface area contributed by atoms with Crippen molar-refractivity contribution in [3.8, 4) is 0 Å². The zero-order valence-corrected chi connectivity index (χ0v) is 8.75. The molecule has 1 saturated heterocycles. The summed E-state index contributed by atoms with van der Waals surface area (Å²) in [5.41, 5.74) is 0. The minimum Gasteiger partial charge on any atom is -0.381 e. The van der Waals surface area contributed by atoms with Gasteiger partial charge in [-0.2, -0.15) is 0 Å². The Kier molecular flexibility index (Phi) is 3.72. The molecule has 1 aliphatic rings. The molecule has 1 aliphatic heterocycles. The largest absolute Gasteiger partial charge is 0.381 e. The van der Waals surface area contributed by atoms with Gasteiger partial charge in [0.2, 0.25) is 5.91 Å². The number of carbonyl (C=O) groups excluding carboxylic acids is 1. The minimum absolute atomic E-state index is 0.113. The van der Waals surface area contributed by atoms with Gasteiger partial charge in [-0.1, -0.05) is 0 Å². The molecule has 1 atom stereocenters. The van der Waals surface area contributed by atoms with Crippen LogP contribution >= 0.6 is 0 Å². The predicted molar refractivity (Wildman–Crippen MR) is 51.4 cm³/mol. The second-order valence-corrected chi connectivity index (χ2v) is 3.77. The SMILES string of the molecule is CCOCC1CCN(C(C)C)C1=O. The van der Waals surface area contributed by atoms with Crippen molar-refractivity contribution < 1.29 is 9.53 Å². The second kappa shape index (κ2) is 4.61. The van der Waals surface area contributed by atoms with E-state index in [1.54, 1.807) is 0 Å². The number of likely N-dealkylation sites (tertiary alicyclic amines) is 1. The van der Waals surface area contributed by atoms with E-state index in [9.17, 15) is 4.79 Å². The van der Waals surface area contributed by atoms with Crippen molar-refractivity contribution in [1.82, 2.24) is 4.90 Å². The normalized spacial score (nSPS) is 23.2. The number of rotatable bonds is 4. The molecule has 0 spiro atoms. The summed E-state index contributed by atoms with van der Waals surface area (Å²) in [6.07, 6.45) is 0.955. The molecular weight excluding hydrogens is 166 g/mol. The summed E-state index contributed by atoms with van der Waals surface area (Å²) < 4.78 is 5.27. The van der Waals surface area contributed by atoms with Gasteiger partial charge >= 0.3 is 0 Å². The van der Waals surface area contributed by atoms with E-state index in [0.717, 1.165) is 13.0 Å². The molecule has 3 heteroatoms. The van der Waals surface area contributed by atoms with Gasteiger partial charge < -0.3 is 9.64 Å². The fourth-order valence-corrected chi connectivity index (χ4v) is 1.69. The molecule has 1 rings (SSSR count). The van der Waals surface area contributed by atoms with E-state index >= 15 is 0 Å². The average Bonchev–Trinajstić information content (AvgIpc) is 2.43. The van der Waals surface area contributed by atoms with Gasteiger partial charge in [-0.15, -0.1) is 0 Å². The van der Waals surface area contributed by atoms with Gasteiger partial charge in [0.1, 0.15) is 0 Å². The molecule has 3 nitrogen and oxygen atoms in total. The summed E-state index contributed by atoms with van der Waals surface area (Å²) >= 11 is 0. The molecule has 0 aromatic heterocycles. The van der Waals surface area contributed by atoms with E-state index in [1.165, 1.54) is 0 Å². The van der Waals surface area contributed by atoms with E-state index < -0.39 is 0 Å². The van der Waals surface area contributed by atoms with Crippen molar-refractivity contribution >= 4 is 5.91 Å². The van der Waals surface area contributed by atoms with Crippen LogP contribution in [0.25, 0.3) is 0 Å². The quantitative estimate of drug-likeness (QED) is 0.660. The lowest BCUT2D eigenvalue weighted by molar-refractivity contribution is -0.133. The van der Waals surface area contributed by atoms with Crippen LogP contribution < -0.4 is 0 Å². The molecule has 0 bridgehead atoms. The molecule has 76 valence electrons. The van der Waals surface area contributed by atoms with Crippen molar-refractivity contribution in [1.29, 1.82) is 0 Å². The van der Waals surface area contributed by atoms with Crippen molar-refractivity contribution in [3.05, 3.63) is 0 Å². The molecule has 1 fully saturated rings. The molecule has 0 N–H and O–H groups in total. The number of hydrogen-bond donors (Lipinski definition) is 0. The predicted octanol–water partition coefficient (Wildman–Crippen LogP) is 1.28. The van der Waals surface area contributed by atoms with Gasteiger partial charge in [-0.25, -0.2) is 0 Å². The number of amides is 1. The average molecular weight is 185 g/mol. The maximum Gasteiger partial charge on any atom is 0.228 e. The molecule has 1 heterocycles. The first-order valence-corrected chi connectivity index (χ1v) is 5.05. The highest BCUT2D eigenvalue weighted by molar-refractivity contribution is 5.81. The Balaban J connectivity index is 2.41. The molecular formula is C10H19NO2. The van der Waals surface area contributed by atoms with Gasteiger partial charge in [-0.05, 0) is 27.2 Å². The van der Waals surface area contributed by atoms with Crippen LogP contribution in [0.2, 0.25) is 0 Å². The summed E-state index contributed by atoms with van der Waals surface area (Å²) in [5.74, 6) is 0.380. The Morgan fingerprint density at radius 3 is 2.77 bits per heavy atom. The molecule has 0 aromatic rings.